The van der Waals surface area contributed by atoms with E-state index in [1.165, 1.54) is 10.8 Å². The van der Waals surface area contributed by atoms with Crippen molar-refractivity contribution in [1.82, 2.24) is 14.2 Å². The lowest BCUT2D eigenvalue weighted by atomic mass is 10.3. The molecule has 0 aliphatic rings. The van der Waals surface area contributed by atoms with Crippen molar-refractivity contribution < 1.29 is 4.92 Å². The Morgan fingerprint density at radius 3 is 3.06 bits per heavy atom. The molecule has 0 spiro atoms. The molecule has 0 aliphatic heterocycles. The van der Waals surface area contributed by atoms with E-state index in [0.717, 1.165) is 23.8 Å². The Labute approximate surface area is 104 Å². The molecule has 0 radical (unpaired) electrons. The number of nitrogen functional groups attached to an aromatic ring is 1. The van der Waals surface area contributed by atoms with E-state index in [0.29, 0.717) is 10.7 Å². The van der Waals surface area contributed by atoms with E-state index in [4.69, 9.17) is 5.84 Å². The fourth-order valence-corrected chi connectivity index (χ4v) is 1.83. The van der Waals surface area contributed by atoms with Crippen LogP contribution >= 0.6 is 11.5 Å². The lowest BCUT2D eigenvalue weighted by Crippen LogP contribution is -2.13. The topological polar surface area (TPSA) is 129 Å². The highest BCUT2D eigenvalue weighted by atomic mass is 32.1. The van der Waals surface area contributed by atoms with Crippen molar-refractivity contribution in [3.05, 3.63) is 44.5 Å². The van der Waals surface area contributed by atoms with Gasteiger partial charge in [-0.2, -0.15) is 0 Å². The average Bonchev–Trinajstić information content (AvgIpc) is 2.78. The summed E-state index contributed by atoms with van der Waals surface area (Å²) in [5.41, 5.74) is 1.85. The van der Waals surface area contributed by atoms with Crippen LogP contribution in [0.3, 0.4) is 0 Å². The molecule has 0 fully saturated rings. The summed E-state index contributed by atoms with van der Waals surface area (Å²) < 4.78 is 5.17. The largest absolute Gasteiger partial charge is 0.342 e. The van der Waals surface area contributed by atoms with Gasteiger partial charge in [0.15, 0.2) is 0 Å². The summed E-state index contributed by atoms with van der Waals surface area (Å²) >= 11 is 1.08. The monoisotopic (exact) mass is 268 g/mol. The maximum absolute atomic E-state index is 11.2. The minimum atomic E-state index is -0.722. The Balaban J connectivity index is 2.33. The molecule has 94 valence electrons. The second-order valence-electron chi connectivity index (χ2n) is 3.32. The first kappa shape index (κ1) is 12.1. The maximum Gasteiger partial charge on any atom is 0.332 e. The maximum atomic E-state index is 11.2. The van der Waals surface area contributed by atoms with E-state index in [1.54, 1.807) is 0 Å². The van der Waals surface area contributed by atoms with Crippen LogP contribution in [0.25, 0.3) is 0 Å². The third-order valence-electron chi connectivity index (χ3n) is 2.17. The Kier molecular flexibility index (Phi) is 3.30. The number of nitrogens with zero attached hydrogens (tertiary/aromatic N) is 4. The first-order chi connectivity index (χ1) is 8.61. The van der Waals surface area contributed by atoms with Gasteiger partial charge in [0.2, 0.25) is 0 Å². The summed E-state index contributed by atoms with van der Waals surface area (Å²) in [6.45, 7) is 0.233. The zero-order valence-corrected chi connectivity index (χ0v) is 9.75. The van der Waals surface area contributed by atoms with Crippen LogP contribution in [0.1, 0.15) is 5.69 Å². The number of nitro groups is 1. The number of nitrogens with one attached hydrogen (secondary N) is 1. The number of nitrogens with two attached hydrogens (primary N) is 1. The summed E-state index contributed by atoms with van der Waals surface area (Å²) in [6, 6.07) is 1.13. The summed E-state index contributed by atoms with van der Waals surface area (Å²) in [4.78, 5) is 21.1. The van der Waals surface area contributed by atoms with Crippen molar-refractivity contribution in [2.45, 2.75) is 6.54 Å². The Bertz CT molecular complexity index is 636. The summed E-state index contributed by atoms with van der Waals surface area (Å²) in [5.74, 6) is 5.26. The molecule has 2 heterocycles. The highest BCUT2D eigenvalue weighted by Gasteiger charge is 2.13. The van der Waals surface area contributed by atoms with Gasteiger partial charge < -0.3 is 9.99 Å². The Morgan fingerprint density at radius 1 is 1.61 bits per heavy atom. The number of pyridine rings is 1. The summed E-state index contributed by atoms with van der Waals surface area (Å²) in [6.07, 6.45) is 2.59. The SMILES string of the molecule is NNc1snnc1Cn1ccc(=O)c([N+](=O)[O-])c1. The fourth-order valence-electron chi connectivity index (χ4n) is 1.34. The standard InChI is InChI=1S/C8H8N6O3S/c9-10-8-5(11-12-18-8)3-13-2-1-7(15)6(4-13)14(16)17/h1-2,4,10H,3,9H2. The number of aromatic nitrogens is 3. The van der Waals surface area contributed by atoms with E-state index in [2.05, 4.69) is 15.0 Å². The van der Waals surface area contributed by atoms with Gasteiger partial charge in [-0.1, -0.05) is 4.49 Å². The number of anilines is 1. The van der Waals surface area contributed by atoms with Crippen LogP contribution < -0.4 is 16.7 Å². The van der Waals surface area contributed by atoms with Crippen molar-refractivity contribution in [1.29, 1.82) is 0 Å². The highest BCUT2D eigenvalue weighted by Crippen LogP contribution is 2.17. The van der Waals surface area contributed by atoms with E-state index in [1.807, 2.05) is 0 Å². The molecule has 10 heteroatoms. The smallest absolute Gasteiger partial charge is 0.332 e. The molecular weight excluding hydrogens is 260 g/mol. The zero-order valence-electron chi connectivity index (χ0n) is 8.94. The van der Waals surface area contributed by atoms with Crippen LogP contribution in [-0.4, -0.2) is 19.1 Å². The Hall–Kier alpha value is -2.33. The molecule has 2 aromatic heterocycles. The molecule has 0 aliphatic carbocycles. The van der Waals surface area contributed by atoms with Gasteiger partial charge in [-0.15, -0.1) is 5.10 Å². The molecule has 0 unspecified atom stereocenters. The van der Waals surface area contributed by atoms with Crippen molar-refractivity contribution >= 4 is 22.2 Å². The molecule has 0 saturated heterocycles. The average molecular weight is 268 g/mol. The summed E-state index contributed by atoms with van der Waals surface area (Å²) in [5, 5.41) is 15.0. The quantitative estimate of drug-likeness (QED) is 0.451. The number of hydrogen-bond donors (Lipinski definition) is 2. The van der Waals surface area contributed by atoms with Gasteiger partial charge in [0.25, 0.3) is 5.43 Å². The van der Waals surface area contributed by atoms with Crippen molar-refractivity contribution in [2.24, 2.45) is 5.84 Å². The molecule has 0 aromatic carbocycles. The van der Waals surface area contributed by atoms with Crippen LogP contribution in [0.5, 0.6) is 0 Å². The van der Waals surface area contributed by atoms with E-state index in [-0.39, 0.29) is 6.54 Å². The molecule has 3 N–H and O–H groups in total. The second-order valence-corrected chi connectivity index (χ2v) is 4.07. The predicted molar refractivity (Wildman–Crippen MR) is 64.2 cm³/mol. The van der Waals surface area contributed by atoms with Crippen molar-refractivity contribution in [2.75, 3.05) is 5.43 Å². The highest BCUT2D eigenvalue weighted by molar-refractivity contribution is 7.10. The molecule has 2 aromatic rings. The van der Waals surface area contributed by atoms with Gasteiger partial charge in [0.1, 0.15) is 10.7 Å². The van der Waals surface area contributed by atoms with Crippen LogP contribution in [0.2, 0.25) is 0 Å². The van der Waals surface area contributed by atoms with Gasteiger partial charge in [0.05, 0.1) is 17.7 Å². The van der Waals surface area contributed by atoms with Crippen LogP contribution in [-0.2, 0) is 6.54 Å². The molecule has 0 saturated carbocycles. The second kappa shape index (κ2) is 4.89. The predicted octanol–water partition coefficient (Wildman–Crippen LogP) is -0.0581. The minimum absolute atomic E-state index is 0.233. The molecule has 0 atom stereocenters. The third-order valence-corrected chi connectivity index (χ3v) is 2.87. The third kappa shape index (κ3) is 2.33. The van der Waals surface area contributed by atoms with Gasteiger partial charge in [-0.3, -0.25) is 14.9 Å². The van der Waals surface area contributed by atoms with Gasteiger partial charge in [-0.25, -0.2) is 5.84 Å². The first-order valence-corrected chi connectivity index (χ1v) is 5.51. The number of hydrazine groups is 1. The van der Waals surface area contributed by atoms with Gasteiger partial charge in [-0.05, 0) is 0 Å². The summed E-state index contributed by atoms with van der Waals surface area (Å²) in [7, 11) is 0. The van der Waals surface area contributed by atoms with E-state index >= 15 is 0 Å². The molecule has 0 amide bonds. The normalized spacial score (nSPS) is 10.3. The van der Waals surface area contributed by atoms with Gasteiger partial charge in [0, 0.05) is 23.8 Å². The lowest BCUT2D eigenvalue weighted by molar-refractivity contribution is -0.386. The van der Waals surface area contributed by atoms with E-state index in [9.17, 15) is 14.9 Å². The molecule has 18 heavy (non-hydrogen) atoms. The fraction of sp³-hybridized carbons (Fsp3) is 0.125. The lowest BCUT2D eigenvalue weighted by Gasteiger charge is -2.04. The van der Waals surface area contributed by atoms with Crippen molar-refractivity contribution in [3.63, 3.8) is 0 Å². The molecular formula is C8H8N6O3S. The number of rotatable bonds is 4. The van der Waals surface area contributed by atoms with Crippen LogP contribution in [0.15, 0.2) is 23.3 Å². The molecule has 2 rings (SSSR count). The van der Waals surface area contributed by atoms with E-state index < -0.39 is 16.0 Å². The van der Waals surface area contributed by atoms with Crippen LogP contribution in [0, 0.1) is 10.1 Å². The number of hydrogen-bond acceptors (Lipinski definition) is 8. The van der Waals surface area contributed by atoms with Crippen molar-refractivity contribution in [3.8, 4) is 0 Å². The first-order valence-electron chi connectivity index (χ1n) is 4.74. The molecule has 0 bridgehead atoms. The Morgan fingerprint density at radius 2 is 2.39 bits per heavy atom. The minimum Gasteiger partial charge on any atom is -0.342 e. The zero-order chi connectivity index (χ0) is 13.1. The van der Waals surface area contributed by atoms with Gasteiger partial charge >= 0.3 is 5.69 Å². The molecule has 9 nitrogen and oxygen atoms in total. The van der Waals surface area contributed by atoms with Crippen LogP contribution in [0.4, 0.5) is 10.7 Å².